The van der Waals surface area contributed by atoms with Gasteiger partial charge in [0.1, 0.15) is 5.82 Å². The molecule has 2 fully saturated rings. The van der Waals surface area contributed by atoms with Crippen molar-refractivity contribution in [2.24, 2.45) is 0 Å². The van der Waals surface area contributed by atoms with Crippen molar-refractivity contribution in [3.63, 3.8) is 0 Å². The lowest BCUT2D eigenvalue weighted by Gasteiger charge is -2.37. The van der Waals surface area contributed by atoms with Crippen molar-refractivity contribution in [3.8, 4) is 0 Å². The molecule has 3 aliphatic rings. The molecular weight excluding hydrogens is 363 g/mol. The number of rotatable bonds is 3. The van der Waals surface area contributed by atoms with Crippen LogP contribution in [0.4, 0.5) is 10.1 Å². The number of carbonyl (C=O) groups excluding carboxylic acids is 3. The molecule has 1 aromatic carbocycles. The Labute approximate surface area is 163 Å². The molecule has 0 saturated carbocycles. The molecule has 0 unspecified atom stereocenters. The van der Waals surface area contributed by atoms with Crippen molar-refractivity contribution in [1.82, 2.24) is 14.7 Å². The molecule has 1 N–H and O–H groups in total. The summed E-state index contributed by atoms with van der Waals surface area (Å²) in [6.07, 6.45) is 2.18. The lowest BCUT2D eigenvalue weighted by Crippen LogP contribution is -2.52. The minimum absolute atomic E-state index is 0.0307. The zero-order chi connectivity index (χ0) is 19.7. The standard InChI is InChI=1S/C20H25FN4O3/c21-14-3-4-17-15(11-14)16(12-18(26)22-17)20(28)25-9-7-23(8-10-25)13-19(27)24-5-1-2-6-24/h3-4,11,16H,1-2,5-10,12-13H2,(H,22,26)/t16-/m0/s1. The van der Waals surface area contributed by atoms with Crippen molar-refractivity contribution in [1.29, 1.82) is 0 Å². The Morgan fingerprint density at radius 3 is 2.46 bits per heavy atom. The summed E-state index contributed by atoms with van der Waals surface area (Å²) in [6, 6.07) is 4.12. The summed E-state index contributed by atoms with van der Waals surface area (Å²) in [6.45, 7) is 4.35. The van der Waals surface area contributed by atoms with Gasteiger partial charge in [-0.15, -0.1) is 0 Å². The molecule has 0 radical (unpaired) electrons. The number of fused-ring (bicyclic) bond motifs is 1. The molecule has 28 heavy (non-hydrogen) atoms. The van der Waals surface area contributed by atoms with Gasteiger partial charge in [0.15, 0.2) is 0 Å². The number of hydrogen-bond acceptors (Lipinski definition) is 4. The molecule has 2 saturated heterocycles. The number of nitrogens with one attached hydrogen (secondary N) is 1. The summed E-state index contributed by atoms with van der Waals surface area (Å²) < 4.78 is 13.7. The Bertz CT molecular complexity index is 786. The number of piperazine rings is 1. The number of nitrogens with zero attached hydrogens (tertiary/aromatic N) is 3. The third kappa shape index (κ3) is 3.87. The van der Waals surface area contributed by atoms with Crippen LogP contribution < -0.4 is 5.32 Å². The Morgan fingerprint density at radius 1 is 1.04 bits per heavy atom. The third-order valence-corrected chi connectivity index (χ3v) is 5.85. The number of likely N-dealkylation sites (tertiary alicyclic amines) is 1. The van der Waals surface area contributed by atoms with Crippen LogP contribution in [0.1, 0.15) is 30.7 Å². The average Bonchev–Trinajstić information content (AvgIpc) is 3.23. The first-order chi connectivity index (χ1) is 13.5. The predicted octanol–water partition coefficient (Wildman–Crippen LogP) is 1.02. The number of amides is 3. The first-order valence-electron chi connectivity index (χ1n) is 9.89. The molecular formula is C20H25FN4O3. The topological polar surface area (TPSA) is 73.0 Å². The van der Waals surface area contributed by atoms with E-state index in [1.165, 1.54) is 18.2 Å². The van der Waals surface area contributed by atoms with Crippen molar-refractivity contribution < 1.29 is 18.8 Å². The zero-order valence-electron chi connectivity index (χ0n) is 15.8. The number of hydrogen-bond donors (Lipinski definition) is 1. The van der Waals surface area contributed by atoms with Crippen LogP contribution in [-0.2, 0) is 14.4 Å². The Morgan fingerprint density at radius 2 is 1.75 bits per heavy atom. The molecule has 1 atom stereocenters. The van der Waals surface area contributed by atoms with Crippen molar-refractivity contribution in [3.05, 3.63) is 29.6 Å². The molecule has 3 amide bonds. The van der Waals surface area contributed by atoms with Gasteiger partial charge in [-0.25, -0.2) is 4.39 Å². The quantitative estimate of drug-likeness (QED) is 0.839. The fourth-order valence-corrected chi connectivity index (χ4v) is 4.26. The Balaban J connectivity index is 1.37. The van der Waals surface area contributed by atoms with Gasteiger partial charge in [0, 0.05) is 51.4 Å². The Hall–Kier alpha value is -2.48. The van der Waals surface area contributed by atoms with Crippen LogP contribution in [0, 0.1) is 5.82 Å². The van der Waals surface area contributed by atoms with Crippen LogP contribution in [-0.4, -0.2) is 78.2 Å². The summed E-state index contributed by atoms with van der Waals surface area (Å²) in [7, 11) is 0. The lowest BCUT2D eigenvalue weighted by atomic mass is 9.89. The van der Waals surface area contributed by atoms with Crippen LogP contribution in [0.3, 0.4) is 0 Å². The molecule has 4 rings (SSSR count). The first-order valence-corrected chi connectivity index (χ1v) is 9.89. The average molecular weight is 388 g/mol. The van der Waals surface area contributed by atoms with E-state index in [0.717, 1.165) is 25.9 Å². The lowest BCUT2D eigenvalue weighted by molar-refractivity contribution is -0.137. The van der Waals surface area contributed by atoms with Crippen molar-refractivity contribution >= 4 is 23.4 Å². The van der Waals surface area contributed by atoms with Crippen LogP contribution in [0.2, 0.25) is 0 Å². The molecule has 150 valence electrons. The Kier molecular flexibility index (Phi) is 5.30. The van der Waals surface area contributed by atoms with E-state index < -0.39 is 11.7 Å². The number of anilines is 1. The maximum absolute atomic E-state index is 13.7. The van der Waals surface area contributed by atoms with Gasteiger partial charge in [-0.05, 0) is 36.6 Å². The van der Waals surface area contributed by atoms with Gasteiger partial charge in [-0.1, -0.05) is 0 Å². The van der Waals surface area contributed by atoms with Gasteiger partial charge in [0.25, 0.3) is 0 Å². The molecule has 8 heteroatoms. The molecule has 0 aromatic heterocycles. The highest BCUT2D eigenvalue weighted by atomic mass is 19.1. The van der Waals surface area contributed by atoms with Crippen LogP contribution in [0.15, 0.2) is 18.2 Å². The molecule has 0 bridgehead atoms. The minimum Gasteiger partial charge on any atom is -0.342 e. The minimum atomic E-state index is -0.655. The maximum atomic E-state index is 13.7. The van der Waals surface area contributed by atoms with E-state index in [1.807, 2.05) is 4.90 Å². The summed E-state index contributed by atoms with van der Waals surface area (Å²) in [4.78, 5) is 43.0. The predicted molar refractivity (Wildman–Crippen MR) is 101 cm³/mol. The van der Waals surface area contributed by atoms with E-state index in [2.05, 4.69) is 10.2 Å². The highest BCUT2D eigenvalue weighted by Gasteiger charge is 2.35. The summed E-state index contributed by atoms with van der Waals surface area (Å²) >= 11 is 0. The van der Waals surface area contributed by atoms with Gasteiger partial charge < -0.3 is 15.1 Å². The largest absolute Gasteiger partial charge is 0.342 e. The van der Waals surface area contributed by atoms with Gasteiger partial charge in [-0.3, -0.25) is 19.3 Å². The van der Waals surface area contributed by atoms with Crippen molar-refractivity contribution in [2.75, 3.05) is 51.1 Å². The second-order valence-electron chi connectivity index (χ2n) is 7.73. The van der Waals surface area contributed by atoms with E-state index in [-0.39, 0.29) is 24.1 Å². The van der Waals surface area contributed by atoms with Crippen LogP contribution in [0.5, 0.6) is 0 Å². The highest BCUT2D eigenvalue weighted by molar-refractivity contribution is 6.01. The molecule has 0 aliphatic carbocycles. The van der Waals surface area contributed by atoms with E-state index in [4.69, 9.17) is 0 Å². The molecule has 0 spiro atoms. The van der Waals surface area contributed by atoms with E-state index >= 15 is 0 Å². The normalized spacial score (nSPS) is 22.8. The fourth-order valence-electron chi connectivity index (χ4n) is 4.26. The van der Waals surface area contributed by atoms with Crippen molar-refractivity contribution in [2.45, 2.75) is 25.2 Å². The zero-order valence-corrected chi connectivity index (χ0v) is 15.8. The second kappa shape index (κ2) is 7.87. The SMILES string of the molecule is O=C1C[C@H](C(=O)N2CCN(CC(=O)N3CCCC3)CC2)c2cc(F)ccc2N1. The van der Waals surface area contributed by atoms with E-state index in [1.54, 1.807) is 4.90 Å². The number of halogens is 1. The van der Waals surface area contributed by atoms with Crippen LogP contribution in [0.25, 0.3) is 0 Å². The smallest absolute Gasteiger partial charge is 0.236 e. The van der Waals surface area contributed by atoms with Gasteiger partial charge in [-0.2, -0.15) is 0 Å². The summed E-state index contributed by atoms with van der Waals surface area (Å²) in [5, 5.41) is 2.70. The molecule has 7 nitrogen and oxygen atoms in total. The summed E-state index contributed by atoms with van der Waals surface area (Å²) in [5.41, 5.74) is 1.04. The monoisotopic (exact) mass is 388 g/mol. The second-order valence-corrected chi connectivity index (χ2v) is 7.73. The fraction of sp³-hybridized carbons (Fsp3) is 0.550. The molecule has 3 aliphatic heterocycles. The first kappa shape index (κ1) is 18.9. The molecule has 3 heterocycles. The van der Waals surface area contributed by atoms with Gasteiger partial charge in [0.05, 0.1) is 12.5 Å². The highest BCUT2D eigenvalue weighted by Crippen LogP contribution is 2.34. The van der Waals surface area contributed by atoms with E-state index in [9.17, 15) is 18.8 Å². The maximum Gasteiger partial charge on any atom is 0.236 e. The third-order valence-electron chi connectivity index (χ3n) is 5.85. The number of carbonyl (C=O) groups is 3. The van der Waals surface area contributed by atoms with E-state index in [0.29, 0.717) is 44.0 Å². The number of benzene rings is 1. The van der Waals surface area contributed by atoms with Crippen LogP contribution >= 0.6 is 0 Å². The van der Waals surface area contributed by atoms with Gasteiger partial charge in [0.2, 0.25) is 17.7 Å². The summed E-state index contributed by atoms with van der Waals surface area (Å²) in [5.74, 6) is -1.29. The van der Waals surface area contributed by atoms with Gasteiger partial charge >= 0.3 is 0 Å². The molecule has 1 aromatic rings.